The molecule has 0 spiro atoms. The summed E-state index contributed by atoms with van der Waals surface area (Å²) in [5, 5.41) is 16.1. The fraction of sp³-hybridized carbons (Fsp3) is 0.250. The number of nitrogens with one attached hydrogen (secondary N) is 2. The van der Waals surface area contributed by atoms with Crippen molar-refractivity contribution in [2.75, 3.05) is 5.32 Å². The van der Waals surface area contributed by atoms with E-state index in [1.807, 2.05) is 0 Å². The van der Waals surface area contributed by atoms with Crippen LogP contribution in [-0.4, -0.2) is 27.9 Å². The molecular formula is C16H17N3O4S. The second-order valence-electron chi connectivity index (χ2n) is 5.37. The number of amides is 2. The minimum Gasteiger partial charge on any atom is -0.478 e. The maximum Gasteiger partial charge on any atom is 0.335 e. The number of aromatic nitrogens is 1. The van der Waals surface area contributed by atoms with Gasteiger partial charge in [0.25, 0.3) is 5.91 Å². The van der Waals surface area contributed by atoms with E-state index < -0.39 is 5.97 Å². The number of carbonyl (C=O) groups is 3. The number of benzene rings is 1. The van der Waals surface area contributed by atoms with Gasteiger partial charge in [0.05, 0.1) is 5.56 Å². The summed E-state index contributed by atoms with van der Waals surface area (Å²) in [5.74, 6) is -1.68. The van der Waals surface area contributed by atoms with Crippen molar-refractivity contribution >= 4 is 34.3 Å². The molecular weight excluding hydrogens is 330 g/mol. The van der Waals surface area contributed by atoms with E-state index in [4.69, 9.17) is 5.11 Å². The first-order valence-corrected chi connectivity index (χ1v) is 8.11. The van der Waals surface area contributed by atoms with Gasteiger partial charge < -0.3 is 15.7 Å². The summed E-state index contributed by atoms with van der Waals surface area (Å²) in [6, 6.07) is 6.23. The summed E-state index contributed by atoms with van der Waals surface area (Å²) < 4.78 is 0. The van der Waals surface area contributed by atoms with Crippen molar-refractivity contribution in [2.45, 2.75) is 20.4 Å². The standard InChI is InChI=1S/C16H17N3O4S/c1-9(2)13(20)19-16-18-12(8-24-16)14(21)17-7-10-3-5-11(6-4-10)15(22)23/h3-6,8-9H,7H2,1-2H3,(H,17,21)(H,22,23)(H,18,19,20). The molecule has 0 saturated carbocycles. The van der Waals surface area contributed by atoms with Gasteiger partial charge in [-0.3, -0.25) is 9.59 Å². The molecule has 1 aromatic heterocycles. The molecule has 2 rings (SSSR count). The Hall–Kier alpha value is -2.74. The highest BCUT2D eigenvalue weighted by atomic mass is 32.1. The van der Waals surface area contributed by atoms with Crippen LogP contribution in [0.1, 0.15) is 40.3 Å². The van der Waals surface area contributed by atoms with Crippen LogP contribution in [0.2, 0.25) is 0 Å². The van der Waals surface area contributed by atoms with Crippen molar-refractivity contribution < 1.29 is 19.5 Å². The highest BCUT2D eigenvalue weighted by Crippen LogP contribution is 2.16. The van der Waals surface area contributed by atoms with Crippen LogP contribution in [-0.2, 0) is 11.3 Å². The van der Waals surface area contributed by atoms with Crippen molar-refractivity contribution in [2.24, 2.45) is 5.92 Å². The topological polar surface area (TPSA) is 108 Å². The van der Waals surface area contributed by atoms with Gasteiger partial charge in [0.15, 0.2) is 5.13 Å². The molecule has 1 aromatic carbocycles. The van der Waals surface area contributed by atoms with E-state index in [-0.39, 0.29) is 35.5 Å². The van der Waals surface area contributed by atoms with Crippen LogP contribution in [0.25, 0.3) is 0 Å². The second kappa shape index (κ2) is 7.69. The molecule has 0 fully saturated rings. The summed E-state index contributed by atoms with van der Waals surface area (Å²) in [7, 11) is 0. The predicted octanol–water partition coefficient (Wildman–Crippen LogP) is 2.37. The van der Waals surface area contributed by atoms with E-state index in [2.05, 4.69) is 15.6 Å². The molecule has 24 heavy (non-hydrogen) atoms. The summed E-state index contributed by atoms with van der Waals surface area (Å²) in [6.45, 7) is 3.79. The molecule has 0 saturated heterocycles. The van der Waals surface area contributed by atoms with E-state index in [9.17, 15) is 14.4 Å². The van der Waals surface area contributed by atoms with E-state index in [0.717, 1.165) is 5.56 Å². The molecule has 7 nitrogen and oxygen atoms in total. The number of carboxylic acids is 1. The number of hydrogen-bond donors (Lipinski definition) is 3. The van der Waals surface area contributed by atoms with Gasteiger partial charge in [-0.1, -0.05) is 26.0 Å². The van der Waals surface area contributed by atoms with Crippen molar-refractivity contribution in [1.29, 1.82) is 0 Å². The van der Waals surface area contributed by atoms with Gasteiger partial charge >= 0.3 is 5.97 Å². The summed E-state index contributed by atoms with van der Waals surface area (Å²) in [5.41, 5.74) is 1.19. The van der Waals surface area contributed by atoms with Crippen LogP contribution < -0.4 is 10.6 Å². The molecule has 2 aromatic rings. The molecule has 0 aliphatic rings. The Kier molecular flexibility index (Phi) is 5.64. The first kappa shape index (κ1) is 17.6. The highest BCUT2D eigenvalue weighted by Gasteiger charge is 2.13. The van der Waals surface area contributed by atoms with Gasteiger partial charge in [0.2, 0.25) is 5.91 Å². The number of nitrogens with zero attached hydrogens (tertiary/aromatic N) is 1. The number of carboxylic acid groups (broad SMARTS) is 1. The number of carbonyl (C=O) groups excluding carboxylic acids is 2. The van der Waals surface area contributed by atoms with Gasteiger partial charge in [-0.25, -0.2) is 9.78 Å². The number of thiazole rings is 1. The number of hydrogen-bond acceptors (Lipinski definition) is 5. The van der Waals surface area contributed by atoms with Gasteiger partial charge in [0.1, 0.15) is 5.69 Å². The van der Waals surface area contributed by atoms with Crippen molar-refractivity contribution in [3.05, 3.63) is 46.5 Å². The highest BCUT2D eigenvalue weighted by molar-refractivity contribution is 7.14. The Bertz CT molecular complexity index is 753. The number of rotatable bonds is 6. The Balaban J connectivity index is 1.92. The van der Waals surface area contributed by atoms with Crippen molar-refractivity contribution in [3.63, 3.8) is 0 Å². The monoisotopic (exact) mass is 347 g/mol. The molecule has 0 aliphatic heterocycles. The molecule has 0 atom stereocenters. The smallest absolute Gasteiger partial charge is 0.335 e. The van der Waals surface area contributed by atoms with Gasteiger partial charge in [-0.2, -0.15) is 0 Å². The third-order valence-electron chi connectivity index (χ3n) is 3.15. The molecule has 0 aliphatic carbocycles. The maximum absolute atomic E-state index is 12.1. The van der Waals surface area contributed by atoms with Crippen LogP contribution in [0, 0.1) is 5.92 Å². The molecule has 126 valence electrons. The zero-order valence-electron chi connectivity index (χ0n) is 13.2. The minimum atomic E-state index is -0.996. The Morgan fingerprint density at radius 1 is 1.21 bits per heavy atom. The average molecular weight is 347 g/mol. The van der Waals surface area contributed by atoms with Gasteiger partial charge in [-0.15, -0.1) is 11.3 Å². The molecule has 8 heteroatoms. The largest absolute Gasteiger partial charge is 0.478 e. The summed E-state index contributed by atoms with van der Waals surface area (Å²) in [6.07, 6.45) is 0. The van der Waals surface area contributed by atoms with Crippen LogP contribution in [0.3, 0.4) is 0 Å². The van der Waals surface area contributed by atoms with Crippen LogP contribution in [0.4, 0.5) is 5.13 Å². The summed E-state index contributed by atoms with van der Waals surface area (Å²) in [4.78, 5) is 38.5. The molecule has 0 radical (unpaired) electrons. The molecule has 0 bridgehead atoms. The first-order valence-electron chi connectivity index (χ1n) is 7.23. The molecule has 0 unspecified atom stereocenters. The second-order valence-corrected chi connectivity index (χ2v) is 6.22. The zero-order chi connectivity index (χ0) is 17.7. The molecule has 1 heterocycles. The van der Waals surface area contributed by atoms with Crippen LogP contribution in [0.15, 0.2) is 29.6 Å². The van der Waals surface area contributed by atoms with E-state index in [1.165, 1.54) is 23.5 Å². The number of anilines is 1. The van der Waals surface area contributed by atoms with E-state index in [0.29, 0.717) is 5.13 Å². The predicted molar refractivity (Wildman–Crippen MR) is 90.2 cm³/mol. The quantitative estimate of drug-likeness (QED) is 0.743. The third kappa shape index (κ3) is 4.63. The molecule has 2 amide bonds. The summed E-state index contributed by atoms with van der Waals surface area (Å²) >= 11 is 1.18. The van der Waals surface area contributed by atoms with Crippen LogP contribution in [0.5, 0.6) is 0 Å². The Morgan fingerprint density at radius 2 is 1.88 bits per heavy atom. The lowest BCUT2D eigenvalue weighted by atomic mass is 10.1. The Morgan fingerprint density at radius 3 is 2.46 bits per heavy atom. The van der Waals surface area contributed by atoms with Crippen molar-refractivity contribution in [1.82, 2.24) is 10.3 Å². The SMILES string of the molecule is CC(C)C(=O)Nc1nc(C(=O)NCc2ccc(C(=O)O)cc2)cs1. The average Bonchev–Trinajstić information content (AvgIpc) is 3.01. The van der Waals surface area contributed by atoms with Crippen LogP contribution >= 0.6 is 11.3 Å². The van der Waals surface area contributed by atoms with E-state index in [1.54, 1.807) is 31.4 Å². The van der Waals surface area contributed by atoms with E-state index >= 15 is 0 Å². The third-order valence-corrected chi connectivity index (χ3v) is 3.90. The molecule has 3 N–H and O–H groups in total. The number of aromatic carboxylic acids is 1. The fourth-order valence-electron chi connectivity index (χ4n) is 1.72. The van der Waals surface area contributed by atoms with Crippen molar-refractivity contribution in [3.8, 4) is 0 Å². The van der Waals surface area contributed by atoms with Gasteiger partial charge in [0, 0.05) is 17.8 Å². The normalized spacial score (nSPS) is 10.5. The lowest BCUT2D eigenvalue weighted by Crippen LogP contribution is -2.23. The Labute approximate surface area is 142 Å². The van der Waals surface area contributed by atoms with Gasteiger partial charge in [-0.05, 0) is 17.7 Å². The lowest BCUT2D eigenvalue weighted by molar-refractivity contribution is -0.118. The lowest BCUT2D eigenvalue weighted by Gasteiger charge is -2.04. The first-order chi connectivity index (χ1) is 11.4. The fourth-order valence-corrected chi connectivity index (χ4v) is 2.42. The zero-order valence-corrected chi connectivity index (χ0v) is 14.0. The maximum atomic E-state index is 12.1. The minimum absolute atomic E-state index is 0.158.